The summed E-state index contributed by atoms with van der Waals surface area (Å²) in [6, 6.07) is 4.03. The molecule has 0 saturated carbocycles. The molecule has 0 aliphatic carbocycles. The summed E-state index contributed by atoms with van der Waals surface area (Å²) >= 11 is 0. The zero-order chi connectivity index (χ0) is 11.4. The van der Waals surface area contributed by atoms with E-state index >= 15 is 0 Å². The van der Waals surface area contributed by atoms with Gasteiger partial charge in [-0.1, -0.05) is 6.07 Å². The van der Waals surface area contributed by atoms with E-state index in [1.165, 1.54) is 5.56 Å². The molecule has 0 radical (unpaired) electrons. The number of hydrogen-bond acceptors (Lipinski definition) is 4. The molecule has 1 N–H and O–H groups in total. The Balaban J connectivity index is 1.97. The number of aliphatic hydroxyl groups is 1. The van der Waals surface area contributed by atoms with E-state index in [4.69, 9.17) is 9.84 Å². The molecule has 4 heteroatoms. The van der Waals surface area contributed by atoms with Crippen LogP contribution in [0.2, 0.25) is 0 Å². The molecule has 4 nitrogen and oxygen atoms in total. The number of aliphatic hydroxyl groups excluding tert-OH is 1. The summed E-state index contributed by atoms with van der Waals surface area (Å²) in [7, 11) is 0. The lowest BCUT2D eigenvalue weighted by molar-refractivity contribution is -0.0554. The molecule has 1 fully saturated rings. The minimum Gasteiger partial charge on any atom is -0.394 e. The Hall–Kier alpha value is -0.970. The zero-order valence-corrected chi connectivity index (χ0v) is 9.59. The highest BCUT2D eigenvalue weighted by Crippen LogP contribution is 2.11. The van der Waals surface area contributed by atoms with E-state index in [1.54, 1.807) is 0 Å². The summed E-state index contributed by atoms with van der Waals surface area (Å²) in [4.78, 5) is 6.66. The molecule has 0 amide bonds. The molecule has 2 rings (SSSR count). The molecule has 2 heterocycles. The van der Waals surface area contributed by atoms with Crippen LogP contribution >= 0.6 is 0 Å². The number of rotatable bonds is 3. The van der Waals surface area contributed by atoms with Gasteiger partial charge in [-0.05, 0) is 18.6 Å². The number of hydrogen-bond donors (Lipinski definition) is 1. The predicted molar refractivity (Wildman–Crippen MR) is 61.1 cm³/mol. The number of morpholine rings is 1. The lowest BCUT2D eigenvalue weighted by Gasteiger charge is -2.31. The van der Waals surface area contributed by atoms with Gasteiger partial charge in [0.05, 0.1) is 25.0 Å². The first-order valence-electron chi connectivity index (χ1n) is 5.65. The highest BCUT2D eigenvalue weighted by molar-refractivity contribution is 5.17. The maximum absolute atomic E-state index is 9.06. The first-order chi connectivity index (χ1) is 7.79. The Kier molecular flexibility index (Phi) is 3.88. The van der Waals surface area contributed by atoms with Crippen LogP contribution in [0.15, 0.2) is 18.3 Å². The minimum atomic E-state index is -0.0437. The van der Waals surface area contributed by atoms with Crippen molar-refractivity contribution >= 4 is 0 Å². The van der Waals surface area contributed by atoms with Crippen molar-refractivity contribution < 1.29 is 9.84 Å². The van der Waals surface area contributed by atoms with Crippen LogP contribution in [0.3, 0.4) is 0 Å². The van der Waals surface area contributed by atoms with Gasteiger partial charge in [0, 0.05) is 25.8 Å². The number of ether oxygens (including phenoxy) is 1. The molecule has 16 heavy (non-hydrogen) atoms. The third-order valence-electron chi connectivity index (χ3n) is 2.92. The van der Waals surface area contributed by atoms with E-state index in [0.29, 0.717) is 6.61 Å². The highest BCUT2D eigenvalue weighted by Gasteiger charge is 2.20. The Labute approximate surface area is 95.9 Å². The second kappa shape index (κ2) is 5.39. The van der Waals surface area contributed by atoms with Crippen LogP contribution < -0.4 is 0 Å². The van der Waals surface area contributed by atoms with Crippen molar-refractivity contribution in [2.75, 3.05) is 26.3 Å². The quantitative estimate of drug-likeness (QED) is 0.812. The SMILES string of the molecule is Cc1cccnc1CN1CCOC(CO)C1. The molecule has 1 saturated heterocycles. The van der Waals surface area contributed by atoms with Gasteiger partial charge in [0.2, 0.25) is 0 Å². The third-order valence-corrected chi connectivity index (χ3v) is 2.92. The fraction of sp³-hybridized carbons (Fsp3) is 0.583. The fourth-order valence-electron chi connectivity index (χ4n) is 1.93. The Morgan fingerprint density at radius 1 is 1.62 bits per heavy atom. The van der Waals surface area contributed by atoms with Crippen molar-refractivity contribution in [3.63, 3.8) is 0 Å². The van der Waals surface area contributed by atoms with Crippen molar-refractivity contribution in [2.45, 2.75) is 19.6 Å². The summed E-state index contributed by atoms with van der Waals surface area (Å²) in [5.74, 6) is 0. The number of nitrogens with zero attached hydrogens (tertiary/aromatic N) is 2. The summed E-state index contributed by atoms with van der Waals surface area (Å²) in [6.45, 7) is 5.40. The standard InChI is InChI=1S/C12H18N2O2/c1-10-3-2-4-13-12(10)8-14-5-6-16-11(7-14)9-15/h2-4,11,15H,5-9H2,1H3. The fourth-order valence-corrected chi connectivity index (χ4v) is 1.93. The molecule has 1 unspecified atom stereocenters. The topological polar surface area (TPSA) is 45.6 Å². The molecule has 1 aliphatic rings. The molecule has 0 aromatic carbocycles. The minimum absolute atomic E-state index is 0.0437. The van der Waals surface area contributed by atoms with Crippen LogP contribution in [0.5, 0.6) is 0 Å². The van der Waals surface area contributed by atoms with E-state index in [2.05, 4.69) is 22.9 Å². The normalized spacial score (nSPS) is 22.2. The van der Waals surface area contributed by atoms with Gasteiger partial charge < -0.3 is 9.84 Å². The van der Waals surface area contributed by atoms with Gasteiger partial charge in [0.25, 0.3) is 0 Å². The van der Waals surface area contributed by atoms with Crippen molar-refractivity contribution in [3.8, 4) is 0 Å². The second-order valence-electron chi connectivity index (χ2n) is 4.18. The van der Waals surface area contributed by atoms with Gasteiger partial charge in [0.15, 0.2) is 0 Å². The summed E-state index contributed by atoms with van der Waals surface area (Å²) in [5.41, 5.74) is 2.33. The van der Waals surface area contributed by atoms with Crippen LogP contribution in [0, 0.1) is 6.92 Å². The lowest BCUT2D eigenvalue weighted by atomic mass is 10.2. The van der Waals surface area contributed by atoms with Crippen LogP contribution in [-0.4, -0.2) is 47.4 Å². The van der Waals surface area contributed by atoms with E-state index in [0.717, 1.165) is 25.3 Å². The Bertz CT molecular complexity index is 344. The van der Waals surface area contributed by atoms with Gasteiger partial charge in [0.1, 0.15) is 0 Å². The van der Waals surface area contributed by atoms with Gasteiger partial charge >= 0.3 is 0 Å². The van der Waals surface area contributed by atoms with Crippen molar-refractivity contribution in [3.05, 3.63) is 29.6 Å². The molecular formula is C12H18N2O2. The lowest BCUT2D eigenvalue weighted by Crippen LogP contribution is -2.43. The molecule has 0 bridgehead atoms. The van der Waals surface area contributed by atoms with Crippen molar-refractivity contribution in [2.24, 2.45) is 0 Å². The first-order valence-corrected chi connectivity index (χ1v) is 5.65. The summed E-state index contributed by atoms with van der Waals surface area (Å²) < 4.78 is 5.41. The molecule has 1 aliphatic heterocycles. The number of aromatic nitrogens is 1. The van der Waals surface area contributed by atoms with E-state index < -0.39 is 0 Å². The average Bonchev–Trinajstić information content (AvgIpc) is 2.32. The summed E-state index contributed by atoms with van der Waals surface area (Å²) in [5, 5.41) is 9.06. The predicted octanol–water partition coefficient (Wildman–Crippen LogP) is 0.583. The largest absolute Gasteiger partial charge is 0.394 e. The monoisotopic (exact) mass is 222 g/mol. The van der Waals surface area contributed by atoms with Gasteiger partial charge in [-0.15, -0.1) is 0 Å². The van der Waals surface area contributed by atoms with Gasteiger partial charge in [-0.2, -0.15) is 0 Å². The van der Waals surface area contributed by atoms with Crippen LogP contribution in [0.4, 0.5) is 0 Å². The average molecular weight is 222 g/mol. The highest BCUT2D eigenvalue weighted by atomic mass is 16.5. The molecule has 1 aromatic heterocycles. The molecule has 1 aromatic rings. The van der Waals surface area contributed by atoms with Crippen LogP contribution in [0.1, 0.15) is 11.3 Å². The van der Waals surface area contributed by atoms with E-state index in [1.807, 2.05) is 12.3 Å². The van der Waals surface area contributed by atoms with E-state index in [-0.39, 0.29) is 12.7 Å². The van der Waals surface area contributed by atoms with Crippen molar-refractivity contribution in [1.29, 1.82) is 0 Å². The van der Waals surface area contributed by atoms with Crippen LogP contribution in [0.25, 0.3) is 0 Å². The Morgan fingerprint density at radius 2 is 2.50 bits per heavy atom. The second-order valence-corrected chi connectivity index (χ2v) is 4.18. The van der Waals surface area contributed by atoms with Gasteiger partial charge in [-0.25, -0.2) is 0 Å². The molecule has 0 spiro atoms. The Morgan fingerprint density at radius 3 is 3.25 bits per heavy atom. The van der Waals surface area contributed by atoms with Crippen LogP contribution in [-0.2, 0) is 11.3 Å². The maximum atomic E-state index is 9.06. The smallest absolute Gasteiger partial charge is 0.0933 e. The van der Waals surface area contributed by atoms with Gasteiger partial charge in [-0.3, -0.25) is 9.88 Å². The number of pyridine rings is 1. The molecule has 1 atom stereocenters. The maximum Gasteiger partial charge on any atom is 0.0933 e. The molecule has 88 valence electrons. The third kappa shape index (κ3) is 2.78. The summed E-state index contributed by atoms with van der Waals surface area (Å²) in [6.07, 6.45) is 1.78. The number of aryl methyl sites for hydroxylation is 1. The molecular weight excluding hydrogens is 204 g/mol. The van der Waals surface area contributed by atoms with E-state index in [9.17, 15) is 0 Å². The first kappa shape index (κ1) is 11.5. The van der Waals surface area contributed by atoms with Crippen molar-refractivity contribution in [1.82, 2.24) is 9.88 Å². The zero-order valence-electron chi connectivity index (χ0n) is 9.59.